The second-order valence-corrected chi connectivity index (χ2v) is 4.00. The maximum Gasteiger partial charge on any atom is 0.265 e. The van der Waals surface area contributed by atoms with Crippen molar-refractivity contribution >= 4 is 5.91 Å². The number of ether oxygens (including phenoxy) is 1. The van der Waals surface area contributed by atoms with E-state index in [0.29, 0.717) is 5.75 Å². The Balaban J connectivity index is 2.33. The van der Waals surface area contributed by atoms with Crippen LogP contribution in [0.2, 0.25) is 0 Å². The molecule has 4 nitrogen and oxygen atoms in total. The fraction of sp³-hybridized carbons (Fsp3) is 0.462. The van der Waals surface area contributed by atoms with Crippen molar-refractivity contribution in [2.24, 2.45) is 0 Å². The van der Waals surface area contributed by atoms with Gasteiger partial charge in [0.2, 0.25) is 0 Å². The van der Waals surface area contributed by atoms with Crippen molar-refractivity contribution in [3.63, 3.8) is 0 Å². The molecule has 0 aliphatic heterocycles. The van der Waals surface area contributed by atoms with Gasteiger partial charge in [0.1, 0.15) is 11.9 Å². The second-order valence-electron chi connectivity index (χ2n) is 4.00. The van der Waals surface area contributed by atoms with Gasteiger partial charge in [0.15, 0.2) is 6.61 Å². The predicted octanol–water partition coefficient (Wildman–Crippen LogP) is 1.37. The zero-order chi connectivity index (χ0) is 14.3. The van der Waals surface area contributed by atoms with E-state index < -0.39 is 25.0 Å². The second kappa shape index (κ2) is 7.68. The van der Waals surface area contributed by atoms with E-state index in [4.69, 9.17) is 9.84 Å². The first-order valence-electron chi connectivity index (χ1n) is 5.97. The summed E-state index contributed by atoms with van der Waals surface area (Å²) < 4.78 is 29.2. The first kappa shape index (κ1) is 15.4. The highest BCUT2D eigenvalue weighted by Crippen LogP contribution is 2.13. The summed E-state index contributed by atoms with van der Waals surface area (Å²) in [6, 6.07) is 7.26. The first-order chi connectivity index (χ1) is 9.02. The van der Waals surface area contributed by atoms with Crippen LogP contribution >= 0.6 is 0 Å². The maximum atomic E-state index is 12.0. The number of aryl methyl sites for hydroxylation is 1. The SMILES string of the molecule is CCc1cccc(OCC(=O)NCC(O)C(F)F)c1. The lowest BCUT2D eigenvalue weighted by molar-refractivity contribution is -0.124. The Morgan fingerprint density at radius 1 is 1.47 bits per heavy atom. The van der Waals surface area contributed by atoms with E-state index in [0.717, 1.165) is 12.0 Å². The average Bonchev–Trinajstić information content (AvgIpc) is 2.42. The number of hydrogen-bond donors (Lipinski definition) is 2. The quantitative estimate of drug-likeness (QED) is 0.789. The molecule has 1 rings (SSSR count). The Labute approximate surface area is 110 Å². The van der Waals surface area contributed by atoms with Gasteiger partial charge in [-0.15, -0.1) is 0 Å². The van der Waals surface area contributed by atoms with Crippen molar-refractivity contribution in [1.29, 1.82) is 0 Å². The summed E-state index contributed by atoms with van der Waals surface area (Å²) in [6.07, 6.45) is -3.88. The number of alkyl halides is 2. The lowest BCUT2D eigenvalue weighted by Gasteiger charge is -2.11. The molecule has 1 aromatic carbocycles. The fourth-order valence-corrected chi connectivity index (χ4v) is 1.36. The molecule has 0 fully saturated rings. The molecule has 0 heterocycles. The number of rotatable bonds is 7. The topological polar surface area (TPSA) is 58.6 Å². The van der Waals surface area contributed by atoms with Crippen molar-refractivity contribution in [2.45, 2.75) is 25.9 Å². The zero-order valence-corrected chi connectivity index (χ0v) is 10.6. The highest BCUT2D eigenvalue weighted by Gasteiger charge is 2.17. The van der Waals surface area contributed by atoms with Gasteiger partial charge in [0.05, 0.1) is 0 Å². The molecule has 0 bridgehead atoms. The Hall–Kier alpha value is -1.69. The van der Waals surface area contributed by atoms with Gasteiger partial charge in [-0.3, -0.25) is 4.79 Å². The predicted molar refractivity (Wildman–Crippen MR) is 66.3 cm³/mol. The molecule has 19 heavy (non-hydrogen) atoms. The van der Waals surface area contributed by atoms with Crippen LogP contribution in [0.4, 0.5) is 8.78 Å². The summed E-state index contributed by atoms with van der Waals surface area (Å²) in [5, 5.41) is 11.0. The van der Waals surface area contributed by atoms with Gasteiger partial charge in [-0.2, -0.15) is 0 Å². The molecule has 0 radical (unpaired) electrons. The van der Waals surface area contributed by atoms with E-state index in [9.17, 15) is 13.6 Å². The number of aliphatic hydroxyl groups is 1. The van der Waals surface area contributed by atoms with Crippen LogP contribution < -0.4 is 10.1 Å². The van der Waals surface area contributed by atoms with E-state index in [2.05, 4.69) is 5.32 Å². The third-order valence-corrected chi connectivity index (χ3v) is 2.48. The summed E-state index contributed by atoms with van der Waals surface area (Å²) in [6.45, 7) is 1.23. The van der Waals surface area contributed by atoms with E-state index >= 15 is 0 Å². The van der Waals surface area contributed by atoms with Crippen LogP contribution in [-0.2, 0) is 11.2 Å². The smallest absolute Gasteiger partial charge is 0.265 e. The van der Waals surface area contributed by atoms with Gasteiger partial charge >= 0.3 is 0 Å². The van der Waals surface area contributed by atoms with E-state index in [1.165, 1.54) is 0 Å². The lowest BCUT2D eigenvalue weighted by Crippen LogP contribution is -2.38. The minimum atomic E-state index is -2.87. The molecular formula is C13H17F2NO3. The van der Waals surface area contributed by atoms with Gasteiger partial charge in [-0.1, -0.05) is 19.1 Å². The summed E-state index contributed by atoms with van der Waals surface area (Å²) in [5.74, 6) is -0.00879. The largest absolute Gasteiger partial charge is 0.484 e. The van der Waals surface area contributed by atoms with Crippen molar-refractivity contribution < 1.29 is 23.4 Å². The zero-order valence-electron chi connectivity index (χ0n) is 10.6. The van der Waals surface area contributed by atoms with Crippen molar-refractivity contribution in [3.8, 4) is 5.75 Å². The number of carbonyl (C=O) groups excluding carboxylic acids is 1. The molecule has 1 atom stereocenters. The Kier molecular flexibility index (Phi) is 6.21. The van der Waals surface area contributed by atoms with Crippen molar-refractivity contribution in [1.82, 2.24) is 5.32 Å². The third-order valence-electron chi connectivity index (χ3n) is 2.48. The summed E-state index contributed by atoms with van der Waals surface area (Å²) in [7, 11) is 0. The number of carbonyl (C=O) groups is 1. The van der Waals surface area contributed by atoms with Gasteiger partial charge in [-0.05, 0) is 24.1 Å². The van der Waals surface area contributed by atoms with Crippen LogP contribution in [0.1, 0.15) is 12.5 Å². The van der Waals surface area contributed by atoms with E-state index in [1.54, 1.807) is 12.1 Å². The molecule has 0 aromatic heterocycles. The van der Waals surface area contributed by atoms with Gasteiger partial charge in [-0.25, -0.2) is 8.78 Å². The molecule has 2 N–H and O–H groups in total. The molecule has 1 unspecified atom stereocenters. The molecule has 0 saturated heterocycles. The monoisotopic (exact) mass is 273 g/mol. The summed E-state index contributed by atoms with van der Waals surface area (Å²) in [4.78, 5) is 11.3. The maximum absolute atomic E-state index is 12.0. The van der Waals surface area contributed by atoms with Crippen LogP contribution in [0.5, 0.6) is 5.75 Å². The van der Waals surface area contributed by atoms with Crippen molar-refractivity contribution in [3.05, 3.63) is 29.8 Å². The number of amides is 1. The highest BCUT2D eigenvalue weighted by molar-refractivity contribution is 5.77. The molecule has 106 valence electrons. The summed E-state index contributed by atoms with van der Waals surface area (Å²) in [5.41, 5.74) is 1.08. The molecule has 0 aliphatic carbocycles. The molecular weight excluding hydrogens is 256 g/mol. The van der Waals surface area contributed by atoms with Gasteiger partial charge in [0, 0.05) is 6.54 Å². The Morgan fingerprint density at radius 3 is 2.84 bits per heavy atom. The molecule has 6 heteroatoms. The minimum Gasteiger partial charge on any atom is -0.484 e. The number of nitrogens with one attached hydrogen (secondary N) is 1. The first-order valence-corrected chi connectivity index (χ1v) is 5.97. The van der Waals surface area contributed by atoms with Crippen LogP contribution in [0.25, 0.3) is 0 Å². The molecule has 0 saturated carbocycles. The number of halogens is 2. The minimum absolute atomic E-state index is 0.275. The van der Waals surface area contributed by atoms with Crippen LogP contribution in [0.15, 0.2) is 24.3 Å². The average molecular weight is 273 g/mol. The van der Waals surface area contributed by atoms with E-state index in [-0.39, 0.29) is 6.61 Å². The summed E-state index contributed by atoms with van der Waals surface area (Å²) >= 11 is 0. The number of benzene rings is 1. The van der Waals surface area contributed by atoms with Gasteiger partial charge < -0.3 is 15.2 Å². The van der Waals surface area contributed by atoms with Crippen molar-refractivity contribution in [2.75, 3.05) is 13.2 Å². The molecule has 1 amide bonds. The van der Waals surface area contributed by atoms with Gasteiger partial charge in [0.25, 0.3) is 12.3 Å². The third kappa shape index (κ3) is 5.65. The number of hydrogen-bond acceptors (Lipinski definition) is 3. The van der Waals surface area contributed by atoms with Crippen LogP contribution in [0.3, 0.4) is 0 Å². The highest BCUT2D eigenvalue weighted by atomic mass is 19.3. The normalized spacial score (nSPS) is 12.3. The lowest BCUT2D eigenvalue weighted by atomic mass is 10.2. The standard InChI is InChI=1S/C13H17F2NO3/c1-2-9-4-3-5-10(6-9)19-8-12(18)16-7-11(17)13(14)15/h3-6,11,13,17H,2,7-8H2,1H3,(H,16,18). The van der Waals surface area contributed by atoms with E-state index in [1.807, 2.05) is 19.1 Å². The number of aliphatic hydroxyl groups excluding tert-OH is 1. The Morgan fingerprint density at radius 2 is 2.21 bits per heavy atom. The van der Waals surface area contributed by atoms with Crippen LogP contribution in [0, 0.1) is 0 Å². The molecule has 0 spiro atoms. The Bertz CT molecular complexity index is 413. The molecule has 1 aromatic rings. The van der Waals surface area contributed by atoms with Crippen LogP contribution in [-0.4, -0.2) is 36.7 Å². The fourth-order valence-electron chi connectivity index (χ4n) is 1.36. The molecule has 0 aliphatic rings.